The molecule has 0 amide bonds. The number of aromatic nitrogens is 1. The third-order valence-electron chi connectivity index (χ3n) is 7.08. The van der Waals surface area contributed by atoms with Crippen molar-refractivity contribution < 1.29 is 8.78 Å². The molecule has 2 heterocycles. The summed E-state index contributed by atoms with van der Waals surface area (Å²) >= 11 is 12.6. The Morgan fingerprint density at radius 1 is 1.05 bits per heavy atom. The summed E-state index contributed by atoms with van der Waals surface area (Å²) in [5, 5.41) is 27.5. The molecule has 1 aliphatic heterocycles. The molecule has 0 saturated heterocycles. The number of hydrazine groups is 2. The maximum absolute atomic E-state index is 14.8. The Morgan fingerprint density at radius 2 is 1.86 bits per heavy atom. The Hall–Kier alpha value is -4.55. The quantitative estimate of drug-likeness (QED) is 0.150. The molecule has 2 radical (unpaired) electrons. The zero-order valence-electron chi connectivity index (χ0n) is 21.6. The topological polar surface area (TPSA) is 112 Å². The minimum absolute atomic E-state index is 0.0136. The van der Waals surface area contributed by atoms with E-state index in [1.165, 1.54) is 6.20 Å². The number of nitrogens with zero attached hydrogens (tertiary/aromatic N) is 4. The van der Waals surface area contributed by atoms with E-state index in [1.54, 1.807) is 36.4 Å². The smallest absolute Gasteiger partial charge is 0.168 e. The molecule has 1 atom stereocenters. The number of anilines is 3. The first-order valence-electron chi connectivity index (χ1n) is 12.7. The largest absolute Gasteiger partial charge is 0.378 e. The van der Waals surface area contributed by atoms with Gasteiger partial charge in [0.05, 0.1) is 49.6 Å². The molecular formula is C29H19BCl2F2N8. The second kappa shape index (κ2) is 10.7. The minimum atomic E-state index is -1.40. The van der Waals surface area contributed by atoms with Gasteiger partial charge in [0.15, 0.2) is 5.82 Å². The number of rotatable bonds is 7. The van der Waals surface area contributed by atoms with E-state index in [9.17, 15) is 19.3 Å². The minimum Gasteiger partial charge on any atom is -0.378 e. The van der Waals surface area contributed by atoms with Gasteiger partial charge in [0, 0.05) is 29.5 Å². The van der Waals surface area contributed by atoms with Crippen molar-refractivity contribution in [3.05, 3.63) is 105 Å². The van der Waals surface area contributed by atoms with Crippen molar-refractivity contribution in [2.45, 2.75) is 24.3 Å². The fourth-order valence-corrected chi connectivity index (χ4v) is 5.18. The molecule has 8 nitrogen and oxygen atoms in total. The maximum Gasteiger partial charge on any atom is 0.168 e. The van der Waals surface area contributed by atoms with Gasteiger partial charge in [-0.15, -0.1) is 5.53 Å². The molecule has 0 bridgehead atoms. The van der Waals surface area contributed by atoms with Crippen molar-refractivity contribution in [1.29, 1.82) is 10.5 Å². The lowest BCUT2D eigenvalue weighted by molar-refractivity contribution is 0.260. The number of hydrogen-bond acceptors (Lipinski definition) is 8. The number of benzene rings is 3. The van der Waals surface area contributed by atoms with Crippen LogP contribution < -0.4 is 21.6 Å². The molecule has 1 fully saturated rings. The number of nitrogens with one attached hydrogen (secondary N) is 4. The molecule has 1 saturated carbocycles. The first-order chi connectivity index (χ1) is 20.2. The van der Waals surface area contributed by atoms with Gasteiger partial charge >= 0.3 is 0 Å². The molecule has 13 heteroatoms. The lowest BCUT2D eigenvalue weighted by Crippen LogP contribution is -2.45. The van der Waals surface area contributed by atoms with Crippen LogP contribution in [0.25, 0.3) is 10.9 Å². The zero-order chi connectivity index (χ0) is 29.6. The van der Waals surface area contributed by atoms with E-state index in [0.717, 1.165) is 25.0 Å². The van der Waals surface area contributed by atoms with E-state index in [2.05, 4.69) is 32.6 Å². The molecule has 3 aromatic carbocycles. The Balaban J connectivity index is 1.49. The monoisotopic (exact) mass is 598 g/mol. The van der Waals surface area contributed by atoms with Crippen molar-refractivity contribution >= 4 is 59.0 Å². The van der Waals surface area contributed by atoms with E-state index in [4.69, 9.17) is 31.0 Å². The summed E-state index contributed by atoms with van der Waals surface area (Å²) in [7, 11) is 7.07. The Labute approximate surface area is 250 Å². The predicted molar refractivity (Wildman–Crippen MR) is 158 cm³/mol. The molecule has 42 heavy (non-hydrogen) atoms. The standard InChI is InChI=1S/C29H19BCl2F2N8/c30-29(17-3-1-2-15(8-17)11-35,24-14-42(41-40-24)19-4-5-19)39-18-9-20-26(16(12-36)13-37-27(20)22(32)10-18)38-28-23(33)7-6-21(31)25(28)34/h1-3,6-10,13-14,19,39-41H,4-5H2,(H,37,38). The Morgan fingerprint density at radius 3 is 2.60 bits per heavy atom. The highest BCUT2D eigenvalue weighted by Gasteiger charge is 2.38. The first kappa shape index (κ1) is 27.6. The van der Waals surface area contributed by atoms with E-state index < -0.39 is 22.8 Å². The Bertz CT molecular complexity index is 1870. The molecule has 1 aliphatic carbocycles. The molecule has 4 aromatic rings. The van der Waals surface area contributed by atoms with Crippen molar-refractivity contribution in [2.24, 2.45) is 0 Å². The van der Waals surface area contributed by atoms with Crippen LogP contribution in [0.4, 0.5) is 25.8 Å². The molecule has 0 spiro atoms. The van der Waals surface area contributed by atoms with E-state index in [1.807, 2.05) is 17.3 Å². The molecular weight excluding hydrogens is 580 g/mol. The highest BCUT2D eigenvalue weighted by molar-refractivity contribution is 6.36. The third-order valence-corrected chi connectivity index (χ3v) is 7.66. The second-order valence-corrected chi connectivity index (χ2v) is 10.7. The lowest BCUT2D eigenvalue weighted by atomic mass is 9.69. The number of nitriles is 2. The molecule has 1 unspecified atom stereocenters. The molecule has 6 rings (SSSR count). The van der Waals surface area contributed by atoms with Crippen LogP contribution in [0.2, 0.25) is 10.0 Å². The maximum atomic E-state index is 14.8. The number of fused-ring (bicyclic) bond motifs is 1. The van der Waals surface area contributed by atoms with E-state index >= 15 is 0 Å². The highest BCUT2D eigenvalue weighted by atomic mass is 35.5. The third kappa shape index (κ3) is 4.92. The van der Waals surface area contributed by atoms with E-state index in [-0.39, 0.29) is 26.8 Å². The van der Waals surface area contributed by atoms with Gasteiger partial charge in [-0.25, -0.2) is 8.78 Å². The fraction of sp³-hybridized carbons (Fsp3) is 0.138. The molecule has 206 valence electrons. The van der Waals surface area contributed by atoms with Gasteiger partial charge in [-0.2, -0.15) is 10.5 Å². The van der Waals surface area contributed by atoms with Crippen LogP contribution in [0.5, 0.6) is 0 Å². The fourth-order valence-electron chi connectivity index (χ4n) is 4.75. The van der Waals surface area contributed by atoms with Crippen LogP contribution in [0.15, 0.2) is 66.6 Å². The number of hydrogen-bond donors (Lipinski definition) is 4. The summed E-state index contributed by atoms with van der Waals surface area (Å²) in [5.74, 6) is -1.92. The predicted octanol–water partition coefficient (Wildman–Crippen LogP) is 6.07. The zero-order valence-corrected chi connectivity index (χ0v) is 23.2. The van der Waals surface area contributed by atoms with Gasteiger partial charge in [0.1, 0.15) is 25.4 Å². The number of halogens is 4. The summed E-state index contributed by atoms with van der Waals surface area (Å²) < 4.78 is 29.5. The van der Waals surface area contributed by atoms with Crippen LogP contribution in [0, 0.1) is 34.3 Å². The van der Waals surface area contributed by atoms with Gasteiger partial charge in [0.2, 0.25) is 0 Å². The van der Waals surface area contributed by atoms with Gasteiger partial charge in [-0.05, 0) is 54.8 Å². The summed E-state index contributed by atoms with van der Waals surface area (Å²) in [4.78, 5) is 4.30. The SMILES string of the molecule is [B]C(Nc1cc(Cl)c2ncc(C#N)c(Nc3c(F)ccc(Cl)c3F)c2c1)(C1=CN(C2CC2)NN1)c1cccc(C#N)c1. The van der Waals surface area contributed by atoms with Crippen molar-refractivity contribution in [3.63, 3.8) is 0 Å². The summed E-state index contributed by atoms with van der Waals surface area (Å²) in [5.41, 5.74) is 6.60. The van der Waals surface area contributed by atoms with Crippen LogP contribution in [0.1, 0.15) is 29.5 Å². The van der Waals surface area contributed by atoms with Gasteiger partial charge in [0.25, 0.3) is 0 Å². The molecule has 2 aliphatic rings. The van der Waals surface area contributed by atoms with Gasteiger partial charge in [-0.1, -0.05) is 35.3 Å². The molecule has 4 N–H and O–H groups in total. The normalized spacial score (nSPS) is 15.8. The average molecular weight is 599 g/mol. The first-order valence-corrected chi connectivity index (χ1v) is 13.5. The van der Waals surface area contributed by atoms with Crippen LogP contribution in [-0.2, 0) is 5.44 Å². The van der Waals surface area contributed by atoms with Crippen LogP contribution >= 0.6 is 23.2 Å². The van der Waals surface area contributed by atoms with Crippen molar-refractivity contribution in [1.82, 2.24) is 21.0 Å². The summed E-state index contributed by atoms with van der Waals surface area (Å²) in [6, 6.07) is 16.6. The van der Waals surface area contributed by atoms with Crippen LogP contribution in [0.3, 0.4) is 0 Å². The van der Waals surface area contributed by atoms with Gasteiger partial charge in [-0.3, -0.25) is 9.99 Å². The Kier molecular flexibility index (Phi) is 7.03. The number of pyridine rings is 1. The molecule has 1 aromatic heterocycles. The van der Waals surface area contributed by atoms with Crippen molar-refractivity contribution in [3.8, 4) is 12.1 Å². The summed E-state index contributed by atoms with van der Waals surface area (Å²) in [6.45, 7) is 0. The second-order valence-electron chi connectivity index (χ2n) is 9.90. The van der Waals surface area contributed by atoms with Gasteiger partial charge < -0.3 is 16.1 Å². The highest BCUT2D eigenvalue weighted by Crippen LogP contribution is 2.40. The average Bonchev–Trinajstić information content (AvgIpc) is 3.72. The van der Waals surface area contributed by atoms with Crippen molar-refractivity contribution in [2.75, 3.05) is 10.6 Å². The van der Waals surface area contributed by atoms with Crippen LogP contribution in [-0.4, -0.2) is 23.9 Å². The van der Waals surface area contributed by atoms with E-state index in [0.29, 0.717) is 33.9 Å². The lowest BCUT2D eigenvalue weighted by Gasteiger charge is -2.34. The summed E-state index contributed by atoms with van der Waals surface area (Å²) in [6.07, 6.45) is 5.19.